The molecule has 0 aliphatic rings. The molecule has 0 unspecified atom stereocenters. The smallest absolute Gasteiger partial charge is 0.225 e. The molecule has 0 amide bonds. The van der Waals surface area contributed by atoms with Crippen LogP contribution in [0.15, 0.2) is 11.7 Å². The highest BCUT2D eigenvalue weighted by molar-refractivity contribution is 8.93. The number of halogens is 2. The molecule has 5 nitrogen and oxygen atoms in total. The summed E-state index contributed by atoms with van der Waals surface area (Å²) in [4.78, 5) is 9.53. The Morgan fingerprint density at radius 1 is 1.40 bits per heavy atom. The van der Waals surface area contributed by atoms with Gasteiger partial charge < -0.3 is 10.8 Å². The van der Waals surface area contributed by atoms with Gasteiger partial charge in [-0.25, -0.2) is 9.97 Å². The molecule has 2 aromatic rings. The van der Waals surface area contributed by atoms with Crippen LogP contribution in [0.2, 0.25) is 0 Å². The van der Waals surface area contributed by atoms with E-state index in [-0.39, 0.29) is 36.0 Å². The normalized spacial score (nSPS) is 9.75. The van der Waals surface area contributed by atoms with E-state index >= 15 is 0 Å². The van der Waals surface area contributed by atoms with Crippen molar-refractivity contribution in [1.82, 2.24) is 9.97 Å². The first-order valence-corrected chi connectivity index (χ1v) is 6.65. The Morgan fingerprint density at radius 2 is 2.10 bits per heavy atom. The third kappa shape index (κ3) is 4.37. The SMILES string of the molecule is Br.Cc1ncc(C[n+]2csc(CCO)c2C)c(N)n1.Cl. The molecule has 0 bridgehead atoms. The summed E-state index contributed by atoms with van der Waals surface area (Å²) in [5.74, 6) is 1.22. The summed E-state index contributed by atoms with van der Waals surface area (Å²) >= 11 is 1.65. The zero-order valence-corrected chi connectivity index (χ0v) is 14.7. The molecule has 0 saturated heterocycles. The minimum atomic E-state index is 0. The largest absolute Gasteiger partial charge is 0.396 e. The van der Waals surface area contributed by atoms with Gasteiger partial charge in [0.1, 0.15) is 11.6 Å². The minimum Gasteiger partial charge on any atom is -0.396 e. The molecule has 0 radical (unpaired) electrons. The van der Waals surface area contributed by atoms with E-state index in [1.54, 1.807) is 17.5 Å². The van der Waals surface area contributed by atoms with E-state index in [0.717, 1.165) is 11.3 Å². The molecule has 0 aromatic carbocycles. The molecule has 2 aromatic heterocycles. The maximum absolute atomic E-state index is 8.98. The summed E-state index contributed by atoms with van der Waals surface area (Å²) in [6.07, 6.45) is 2.47. The first-order valence-electron chi connectivity index (χ1n) is 5.77. The van der Waals surface area contributed by atoms with Gasteiger partial charge in [-0.1, -0.05) is 11.3 Å². The quantitative estimate of drug-likeness (QED) is 0.788. The van der Waals surface area contributed by atoms with Crippen LogP contribution in [0.5, 0.6) is 0 Å². The van der Waals surface area contributed by atoms with E-state index in [2.05, 4.69) is 14.5 Å². The van der Waals surface area contributed by atoms with E-state index < -0.39 is 0 Å². The number of thiazole rings is 1. The Kier molecular flexibility index (Phi) is 8.19. The highest BCUT2D eigenvalue weighted by Crippen LogP contribution is 2.13. The third-order valence-corrected chi connectivity index (χ3v) is 4.00. The molecular weight excluding hydrogens is 364 g/mol. The molecule has 0 spiro atoms. The van der Waals surface area contributed by atoms with Crippen molar-refractivity contribution in [3.63, 3.8) is 0 Å². The first kappa shape index (κ1) is 19.2. The maximum atomic E-state index is 8.98. The third-order valence-electron chi connectivity index (χ3n) is 2.85. The van der Waals surface area contributed by atoms with Gasteiger partial charge in [0.2, 0.25) is 5.51 Å². The number of aliphatic hydroxyl groups is 1. The highest BCUT2D eigenvalue weighted by atomic mass is 79.9. The van der Waals surface area contributed by atoms with Gasteiger partial charge in [-0.15, -0.1) is 29.4 Å². The van der Waals surface area contributed by atoms with E-state index in [1.165, 1.54) is 4.88 Å². The highest BCUT2D eigenvalue weighted by Gasteiger charge is 2.16. The number of nitrogens with two attached hydrogens (primary N) is 1. The summed E-state index contributed by atoms with van der Waals surface area (Å²) in [7, 11) is 0. The lowest BCUT2D eigenvalue weighted by atomic mass is 10.2. The van der Waals surface area contributed by atoms with Crippen molar-refractivity contribution in [2.45, 2.75) is 26.8 Å². The van der Waals surface area contributed by atoms with Crippen molar-refractivity contribution >= 4 is 46.5 Å². The van der Waals surface area contributed by atoms with Crippen LogP contribution < -0.4 is 10.3 Å². The van der Waals surface area contributed by atoms with E-state index in [9.17, 15) is 0 Å². The topological polar surface area (TPSA) is 75.9 Å². The van der Waals surface area contributed by atoms with Gasteiger partial charge in [0, 0.05) is 26.1 Å². The van der Waals surface area contributed by atoms with Crippen LogP contribution in [0.25, 0.3) is 0 Å². The average Bonchev–Trinajstić information content (AvgIpc) is 2.66. The Hall–Kier alpha value is -0.760. The van der Waals surface area contributed by atoms with Crippen LogP contribution in [0.4, 0.5) is 5.82 Å². The number of aryl methyl sites for hydroxylation is 1. The monoisotopic (exact) mass is 381 g/mol. The number of nitrogen functional groups attached to an aromatic ring is 1. The number of anilines is 1. The number of aromatic nitrogens is 3. The molecule has 3 N–H and O–H groups in total. The van der Waals surface area contributed by atoms with E-state index in [0.29, 0.717) is 24.6 Å². The van der Waals surface area contributed by atoms with Crippen molar-refractivity contribution in [3.05, 3.63) is 33.7 Å². The molecule has 0 fully saturated rings. The lowest BCUT2D eigenvalue weighted by molar-refractivity contribution is -0.689. The molecule has 8 heteroatoms. The van der Waals surface area contributed by atoms with Crippen LogP contribution in [0.3, 0.4) is 0 Å². The Bertz CT molecular complexity index is 564. The summed E-state index contributed by atoms with van der Waals surface area (Å²) in [6, 6.07) is 0. The van der Waals surface area contributed by atoms with Gasteiger partial charge in [-0.05, 0) is 6.92 Å². The fraction of sp³-hybridized carbons (Fsp3) is 0.417. The lowest BCUT2D eigenvalue weighted by Gasteiger charge is -2.01. The van der Waals surface area contributed by atoms with Crippen molar-refractivity contribution < 1.29 is 9.67 Å². The summed E-state index contributed by atoms with van der Waals surface area (Å²) in [6.45, 7) is 4.71. The second-order valence-electron chi connectivity index (χ2n) is 4.16. The number of nitrogens with zero attached hydrogens (tertiary/aromatic N) is 3. The number of rotatable bonds is 4. The molecular formula is C12H19BrClN4OS+. The fourth-order valence-electron chi connectivity index (χ4n) is 1.77. The lowest BCUT2D eigenvalue weighted by Crippen LogP contribution is -2.35. The van der Waals surface area contributed by atoms with Crippen molar-refractivity contribution in [1.29, 1.82) is 0 Å². The Labute approximate surface area is 139 Å². The van der Waals surface area contributed by atoms with Crippen LogP contribution in [-0.2, 0) is 13.0 Å². The molecule has 112 valence electrons. The summed E-state index contributed by atoms with van der Waals surface area (Å²) in [5.41, 5.74) is 10.0. The number of hydrogen-bond donors (Lipinski definition) is 2. The molecule has 20 heavy (non-hydrogen) atoms. The molecule has 0 saturated carbocycles. The van der Waals surface area contributed by atoms with Crippen LogP contribution in [0, 0.1) is 13.8 Å². The summed E-state index contributed by atoms with van der Waals surface area (Å²) < 4.78 is 2.11. The van der Waals surface area contributed by atoms with Gasteiger partial charge in [-0.3, -0.25) is 0 Å². The second-order valence-corrected chi connectivity index (χ2v) is 5.10. The molecule has 0 aliphatic heterocycles. The second kappa shape index (κ2) is 8.51. The number of aliphatic hydroxyl groups excluding tert-OH is 1. The van der Waals surface area contributed by atoms with Gasteiger partial charge >= 0.3 is 0 Å². The van der Waals surface area contributed by atoms with E-state index in [1.807, 2.05) is 19.4 Å². The van der Waals surface area contributed by atoms with E-state index in [4.69, 9.17) is 10.8 Å². The van der Waals surface area contributed by atoms with Gasteiger partial charge in [0.25, 0.3) is 0 Å². The van der Waals surface area contributed by atoms with Gasteiger partial charge in [0.05, 0.1) is 10.4 Å². The van der Waals surface area contributed by atoms with Gasteiger partial charge in [-0.2, -0.15) is 4.57 Å². The van der Waals surface area contributed by atoms with Crippen molar-refractivity contribution in [2.75, 3.05) is 12.3 Å². The zero-order valence-electron chi connectivity index (χ0n) is 11.4. The summed E-state index contributed by atoms with van der Waals surface area (Å²) in [5, 5.41) is 8.98. The average molecular weight is 383 g/mol. The predicted molar refractivity (Wildman–Crippen MR) is 87.9 cm³/mol. The zero-order chi connectivity index (χ0) is 13.1. The van der Waals surface area contributed by atoms with Crippen molar-refractivity contribution in [2.24, 2.45) is 0 Å². The molecule has 2 rings (SSSR count). The molecule has 2 heterocycles. The Morgan fingerprint density at radius 3 is 2.70 bits per heavy atom. The predicted octanol–water partition coefficient (Wildman–Crippen LogP) is 1.61. The van der Waals surface area contributed by atoms with Crippen LogP contribution in [-0.4, -0.2) is 21.7 Å². The Balaban J connectivity index is 0.00000180. The van der Waals surface area contributed by atoms with Crippen molar-refractivity contribution in [3.8, 4) is 0 Å². The minimum absolute atomic E-state index is 0. The maximum Gasteiger partial charge on any atom is 0.225 e. The standard InChI is InChI=1S/C12H17N4OS.BrH.ClH/c1-8-11(3-4-17)18-7-16(8)6-10-5-14-9(2)15-12(10)13;;/h5,7,17H,3-4,6H2,1-2H3,(H2,13,14,15);2*1H/q+1;;. The van der Waals surface area contributed by atoms with Crippen LogP contribution in [0.1, 0.15) is 22.0 Å². The first-order chi connectivity index (χ1) is 8.61. The fourth-order valence-corrected chi connectivity index (χ4v) is 2.75. The van der Waals surface area contributed by atoms with Gasteiger partial charge in [0.15, 0.2) is 12.2 Å². The van der Waals surface area contributed by atoms with Crippen LogP contribution >= 0.6 is 40.7 Å². The number of hydrogen-bond acceptors (Lipinski definition) is 5. The molecule has 0 aliphatic carbocycles. The molecule has 0 atom stereocenters.